The molecule has 0 aliphatic carbocycles. The Labute approximate surface area is 99.9 Å². The maximum Gasteiger partial charge on any atom is 0.489 e. The molecule has 0 radical (unpaired) electrons. The third kappa shape index (κ3) is 2.94. The van der Waals surface area contributed by atoms with Gasteiger partial charge in [0.25, 0.3) is 0 Å². The summed E-state index contributed by atoms with van der Waals surface area (Å²) >= 11 is 0. The van der Waals surface area contributed by atoms with E-state index in [1.54, 1.807) is 42.7 Å². The Balaban J connectivity index is 2.34. The molecule has 2 aromatic rings. The zero-order valence-electron chi connectivity index (χ0n) is 9.04. The molecule has 0 bridgehead atoms. The van der Waals surface area contributed by atoms with Crippen LogP contribution in [0.15, 0.2) is 48.8 Å². The third-order valence-corrected chi connectivity index (χ3v) is 2.24. The van der Waals surface area contributed by atoms with Gasteiger partial charge >= 0.3 is 7.12 Å². The molecule has 1 aromatic carbocycles. The lowest BCUT2D eigenvalue weighted by Crippen LogP contribution is -2.32. The van der Waals surface area contributed by atoms with Gasteiger partial charge in [-0.05, 0) is 23.7 Å². The standard InChI is InChI=1S/C13H10BNO2/c16-14(17)13-6-2-1-5-12(13)8-7-11-4-3-9-15-10-11/h1-6,9-10,16-17H. The molecule has 2 rings (SSSR count). The van der Waals surface area contributed by atoms with E-state index in [1.807, 2.05) is 6.07 Å². The van der Waals surface area contributed by atoms with Gasteiger partial charge in [-0.2, -0.15) is 0 Å². The van der Waals surface area contributed by atoms with Gasteiger partial charge in [-0.3, -0.25) is 4.98 Å². The van der Waals surface area contributed by atoms with E-state index in [9.17, 15) is 10.0 Å². The summed E-state index contributed by atoms with van der Waals surface area (Å²) in [7, 11) is -1.51. The first-order valence-electron chi connectivity index (χ1n) is 5.14. The minimum absolute atomic E-state index is 0.406. The molecule has 82 valence electrons. The summed E-state index contributed by atoms with van der Waals surface area (Å²) in [6.07, 6.45) is 3.33. The molecule has 0 spiro atoms. The molecule has 4 heteroatoms. The number of rotatable bonds is 1. The van der Waals surface area contributed by atoms with Gasteiger partial charge < -0.3 is 10.0 Å². The van der Waals surface area contributed by atoms with Gasteiger partial charge in [0.2, 0.25) is 0 Å². The fourth-order valence-corrected chi connectivity index (χ4v) is 1.41. The first-order valence-corrected chi connectivity index (χ1v) is 5.14. The molecule has 2 N–H and O–H groups in total. The van der Waals surface area contributed by atoms with Crippen molar-refractivity contribution < 1.29 is 10.0 Å². The highest BCUT2D eigenvalue weighted by atomic mass is 16.4. The van der Waals surface area contributed by atoms with Crippen molar-refractivity contribution in [3.8, 4) is 11.8 Å². The molecule has 17 heavy (non-hydrogen) atoms. The van der Waals surface area contributed by atoms with Gasteiger partial charge in [0, 0.05) is 23.5 Å². The van der Waals surface area contributed by atoms with Crippen LogP contribution in [0.25, 0.3) is 0 Å². The zero-order valence-corrected chi connectivity index (χ0v) is 9.04. The maximum atomic E-state index is 9.18. The van der Waals surface area contributed by atoms with Crippen LogP contribution in [0.5, 0.6) is 0 Å². The Kier molecular flexibility index (Phi) is 3.56. The second-order valence-corrected chi connectivity index (χ2v) is 3.45. The fraction of sp³-hybridized carbons (Fsp3) is 0. The predicted octanol–water partition coefficient (Wildman–Crippen LogP) is 0.161. The number of nitrogens with zero attached hydrogens (tertiary/aromatic N) is 1. The average Bonchev–Trinajstić information content (AvgIpc) is 2.38. The predicted molar refractivity (Wildman–Crippen MR) is 66.5 cm³/mol. The minimum atomic E-state index is -1.51. The van der Waals surface area contributed by atoms with Crippen LogP contribution in [0, 0.1) is 11.8 Å². The maximum absolute atomic E-state index is 9.18. The first-order chi connectivity index (χ1) is 8.27. The molecule has 1 heterocycles. The van der Waals surface area contributed by atoms with Crippen LogP contribution < -0.4 is 5.46 Å². The highest BCUT2D eigenvalue weighted by molar-refractivity contribution is 6.59. The van der Waals surface area contributed by atoms with E-state index in [-0.39, 0.29) is 0 Å². The van der Waals surface area contributed by atoms with E-state index in [4.69, 9.17) is 0 Å². The van der Waals surface area contributed by atoms with Gasteiger partial charge in [0.05, 0.1) is 0 Å². The topological polar surface area (TPSA) is 53.4 Å². The van der Waals surface area contributed by atoms with Crippen molar-refractivity contribution in [2.24, 2.45) is 0 Å². The van der Waals surface area contributed by atoms with E-state index in [2.05, 4.69) is 16.8 Å². The molecule has 1 aromatic heterocycles. The second-order valence-electron chi connectivity index (χ2n) is 3.45. The molecule has 0 fully saturated rings. The van der Waals surface area contributed by atoms with Crippen molar-refractivity contribution >= 4 is 12.6 Å². The van der Waals surface area contributed by atoms with Crippen LogP contribution in [0.3, 0.4) is 0 Å². The van der Waals surface area contributed by atoms with Crippen molar-refractivity contribution in [1.82, 2.24) is 4.98 Å². The number of aromatic nitrogens is 1. The molecule has 0 unspecified atom stereocenters. The van der Waals surface area contributed by atoms with Crippen LogP contribution >= 0.6 is 0 Å². The highest BCUT2D eigenvalue weighted by Crippen LogP contribution is 1.97. The molecule has 3 nitrogen and oxygen atoms in total. The van der Waals surface area contributed by atoms with Crippen LogP contribution in [0.2, 0.25) is 0 Å². The number of hydrogen-bond donors (Lipinski definition) is 2. The summed E-state index contributed by atoms with van der Waals surface area (Å²) in [5.74, 6) is 5.82. The van der Waals surface area contributed by atoms with E-state index in [0.717, 1.165) is 5.56 Å². The molecule has 0 aliphatic rings. The van der Waals surface area contributed by atoms with Crippen molar-refractivity contribution in [2.75, 3.05) is 0 Å². The lowest BCUT2D eigenvalue weighted by Gasteiger charge is -2.01. The summed E-state index contributed by atoms with van der Waals surface area (Å²) in [6.45, 7) is 0. The normalized spacial score (nSPS) is 9.29. The summed E-state index contributed by atoms with van der Waals surface area (Å²) in [4.78, 5) is 3.95. The second kappa shape index (κ2) is 5.31. The Morgan fingerprint density at radius 2 is 1.82 bits per heavy atom. The van der Waals surface area contributed by atoms with Crippen molar-refractivity contribution in [3.05, 3.63) is 59.9 Å². The minimum Gasteiger partial charge on any atom is -0.423 e. The van der Waals surface area contributed by atoms with Crippen LogP contribution in [-0.2, 0) is 0 Å². The summed E-state index contributed by atoms with van der Waals surface area (Å²) in [5, 5.41) is 18.4. The van der Waals surface area contributed by atoms with Crippen molar-refractivity contribution in [2.45, 2.75) is 0 Å². The molecule has 0 atom stereocenters. The lowest BCUT2D eigenvalue weighted by atomic mass is 9.77. The van der Waals surface area contributed by atoms with Crippen molar-refractivity contribution in [1.29, 1.82) is 0 Å². The average molecular weight is 223 g/mol. The van der Waals surface area contributed by atoms with Gasteiger partial charge in [-0.1, -0.05) is 30.0 Å². The smallest absolute Gasteiger partial charge is 0.423 e. The van der Waals surface area contributed by atoms with Gasteiger partial charge in [-0.15, -0.1) is 0 Å². The van der Waals surface area contributed by atoms with E-state index in [0.29, 0.717) is 11.0 Å². The van der Waals surface area contributed by atoms with E-state index < -0.39 is 7.12 Å². The van der Waals surface area contributed by atoms with Gasteiger partial charge in [0.1, 0.15) is 0 Å². The molecule has 0 saturated carbocycles. The monoisotopic (exact) mass is 223 g/mol. The molecular weight excluding hydrogens is 213 g/mol. The summed E-state index contributed by atoms with van der Waals surface area (Å²) in [5.41, 5.74) is 1.80. The summed E-state index contributed by atoms with van der Waals surface area (Å²) < 4.78 is 0. The molecular formula is C13H10BNO2. The number of pyridine rings is 1. The van der Waals surface area contributed by atoms with Gasteiger partial charge in [-0.25, -0.2) is 0 Å². The van der Waals surface area contributed by atoms with E-state index >= 15 is 0 Å². The Morgan fingerprint density at radius 1 is 1.00 bits per heavy atom. The number of hydrogen-bond acceptors (Lipinski definition) is 3. The van der Waals surface area contributed by atoms with Gasteiger partial charge in [0.15, 0.2) is 0 Å². The zero-order chi connectivity index (χ0) is 12.1. The Morgan fingerprint density at radius 3 is 2.53 bits per heavy atom. The van der Waals surface area contributed by atoms with E-state index in [1.165, 1.54) is 0 Å². The van der Waals surface area contributed by atoms with Crippen molar-refractivity contribution in [3.63, 3.8) is 0 Å². The Hall–Kier alpha value is -2.09. The third-order valence-electron chi connectivity index (χ3n) is 2.24. The van der Waals surface area contributed by atoms with Crippen LogP contribution in [-0.4, -0.2) is 22.2 Å². The fourth-order valence-electron chi connectivity index (χ4n) is 1.41. The van der Waals surface area contributed by atoms with Crippen LogP contribution in [0.1, 0.15) is 11.1 Å². The molecule has 0 saturated heterocycles. The SMILES string of the molecule is OB(O)c1ccccc1C#Cc1cccnc1. The quantitative estimate of drug-likeness (QED) is 0.534. The molecule has 0 amide bonds. The summed E-state index contributed by atoms with van der Waals surface area (Å²) in [6, 6.07) is 10.6. The first kappa shape index (κ1) is 11.4. The highest BCUT2D eigenvalue weighted by Gasteiger charge is 2.13. The lowest BCUT2D eigenvalue weighted by molar-refractivity contribution is 0.425. The largest absolute Gasteiger partial charge is 0.489 e. The Bertz CT molecular complexity index is 558. The molecule has 0 aliphatic heterocycles. The van der Waals surface area contributed by atoms with Crippen LogP contribution in [0.4, 0.5) is 0 Å². The number of benzene rings is 1.